The highest BCUT2D eigenvalue weighted by Gasteiger charge is 2.76. The largest absolute Gasteiger partial charge is 0.394 e. The number of hydrogen-bond acceptors (Lipinski definition) is 5. The zero-order chi connectivity index (χ0) is 31.4. The lowest BCUT2D eigenvalue weighted by Crippen LogP contribution is -2.59. The molecule has 232 valence electrons. The predicted octanol–water partition coefficient (Wildman–Crippen LogP) is 4.92. The minimum absolute atomic E-state index is 0.140. The number of ether oxygens (including phenoxy) is 1. The first-order valence-corrected chi connectivity index (χ1v) is 15.9. The smallest absolute Gasteiger partial charge is 0.253 e. The van der Waals surface area contributed by atoms with Gasteiger partial charge in [0.15, 0.2) is 0 Å². The molecule has 1 unspecified atom stereocenters. The molecular formula is C35H40ClN3O5. The maximum atomic E-state index is 14.9. The third-order valence-electron chi connectivity index (χ3n) is 9.75. The van der Waals surface area contributed by atoms with Crippen molar-refractivity contribution in [2.45, 2.75) is 63.8 Å². The SMILES string of the molecule is CC[C@]12C=CCN(c3ccccc3)C(=O)[C@H]1[C@H]1C(=O)N([C@@H](CO)CC(C)C)C3C(=O)N(c4c(C)cccc4Cl)CC=C[C@@]31O2. The zero-order valence-electron chi connectivity index (χ0n) is 25.7. The molecular weight excluding hydrogens is 578 g/mol. The molecule has 44 heavy (non-hydrogen) atoms. The number of carbonyl (C=O) groups excluding carboxylic acids is 3. The first-order valence-electron chi connectivity index (χ1n) is 15.5. The quantitative estimate of drug-likeness (QED) is 0.446. The van der Waals surface area contributed by atoms with Crippen LogP contribution in [0.15, 0.2) is 72.8 Å². The van der Waals surface area contributed by atoms with E-state index in [0.29, 0.717) is 30.1 Å². The van der Waals surface area contributed by atoms with Crippen LogP contribution in [0.2, 0.25) is 5.02 Å². The molecule has 1 N–H and O–H groups in total. The number of aliphatic hydroxyl groups excluding tert-OH is 1. The van der Waals surface area contributed by atoms with Crippen molar-refractivity contribution in [3.8, 4) is 0 Å². The van der Waals surface area contributed by atoms with Gasteiger partial charge in [0, 0.05) is 18.8 Å². The molecule has 2 saturated heterocycles. The van der Waals surface area contributed by atoms with Gasteiger partial charge in [-0.15, -0.1) is 0 Å². The van der Waals surface area contributed by atoms with E-state index in [1.807, 2.05) is 94.5 Å². The fourth-order valence-corrected chi connectivity index (χ4v) is 8.24. The fraction of sp³-hybridized carbons (Fsp3) is 0.457. The van der Waals surface area contributed by atoms with Crippen LogP contribution in [0.3, 0.4) is 0 Å². The lowest BCUT2D eigenvalue weighted by atomic mass is 9.73. The second-order valence-electron chi connectivity index (χ2n) is 12.8. The molecule has 8 nitrogen and oxygen atoms in total. The summed E-state index contributed by atoms with van der Waals surface area (Å²) in [5.74, 6) is -2.61. The average Bonchev–Trinajstić information content (AvgIpc) is 3.30. The fourth-order valence-electron chi connectivity index (χ4n) is 7.92. The molecule has 0 saturated carbocycles. The van der Waals surface area contributed by atoms with E-state index in [1.54, 1.807) is 15.9 Å². The van der Waals surface area contributed by atoms with Crippen LogP contribution >= 0.6 is 11.6 Å². The number of aryl methyl sites for hydroxylation is 1. The summed E-state index contributed by atoms with van der Waals surface area (Å²) in [7, 11) is 0. The lowest BCUT2D eigenvalue weighted by Gasteiger charge is -2.41. The van der Waals surface area contributed by atoms with Crippen molar-refractivity contribution in [2.75, 3.05) is 29.5 Å². The van der Waals surface area contributed by atoms with Crippen LogP contribution in [-0.2, 0) is 19.1 Å². The van der Waals surface area contributed by atoms with E-state index in [1.165, 1.54) is 4.90 Å². The molecule has 6 atom stereocenters. The monoisotopic (exact) mass is 617 g/mol. The van der Waals surface area contributed by atoms with Gasteiger partial charge >= 0.3 is 0 Å². The number of nitrogens with zero attached hydrogens (tertiary/aromatic N) is 3. The Kier molecular flexibility index (Phi) is 7.97. The number of anilines is 2. The molecule has 0 bridgehead atoms. The normalized spacial score (nSPS) is 30.4. The van der Waals surface area contributed by atoms with Crippen LogP contribution in [0, 0.1) is 24.7 Å². The summed E-state index contributed by atoms with van der Waals surface area (Å²) in [5.41, 5.74) is -0.400. The number of halogens is 1. The van der Waals surface area contributed by atoms with Crippen molar-refractivity contribution >= 4 is 40.7 Å². The summed E-state index contributed by atoms with van der Waals surface area (Å²) >= 11 is 6.68. The lowest BCUT2D eigenvalue weighted by molar-refractivity contribution is -0.149. The molecule has 3 amide bonds. The molecule has 6 rings (SSSR count). The van der Waals surface area contributed by atoms with Crippen molar-refractivity contribution in [1.82, 2.24) is 4.90 Å². The van der Waals surface area contributed by atoms with E-state index < -0.39 is 35.1 Å². The van der Waals surface area contributed by atoms with Gasteiger partial charge in [-0.25, -0.2) is 0 Å². The Bertz CT molecular complexity index is 1510. The number of benzene rings is 2. The average molecular weight is 618 g/mol. The van der Waals surface area contributed by atoms with Crippen LogP contribution in [-0.4, -0.2) is 70.7 Å². The van der Waals surface area contributed by atoms with Gasteiger partial charge in [0.25, 0.3) is 5.91 Å². The van der Waals surface area contributed by atoms with Crippen molar-refractivity contribution in [3.63, 3.8) is 0 Å². The summed E-state index contributed by atoms with van der Waals surface area (Å²) in [6.45, 7) is 8.12. The number of hydrogen-bond donors (Lipinski definition) is 1. The number of carbonyl (C=O) groups is 3. The molecule has 4 aliphatic rings. The number of fused-ring (bicyclic) bond motifs is 2. The second-order valence-corrected chi connectivity index (χ2v) is 13.2. The Hall–Kier alpha value is -3.46. The van der Waals surface area contributed by atoms with Crippen LogP contribution in [0.4, 0.5) is 11.4 Å². The van der Waals surface area contributed by atoms with Gasteiger partial charge < -0.3 is 24.5 Å². The number of para-hydroxylation sites is 2. The molecule has 9 heteroatoms. The van der Waals surface area contributed by atoms with Crippen molar-refractivity contribution in [1.29, 1.82) is 0 Å². The van der Waals surface area contributed by atoms with E-state index >= 15 is 0 Å². The Morgan fingerprint density at radius 1 is 0.932 bits per heavy atom. The van der Waals surface area contributed by atoms with Gasteiger partial charge in [0.2, 0.25) is 11.8 Å². The van der Waals surface area contributed by atoms with E-state index in [2.05, 4.69) is 0 Å². The molecule has 2 aromatic carbocycles. The number of amides is 3. The van der Waals surface area contributed by atoms with Crippen LogP contribution in [0.25, 0.3) is 0 Å². The molecule has 0 aromatic heterocycles. The highest BCUT2D eigenvalue weighted by molar-refractivity contribution is 6.34. The minimum atomic E-state index is -1.43. The third kappa shape index (κ3) is 4.53. The van der Waals surface area contributed by atoms with Crippen molar-refractivity contribution in [2.24, 2.45) is 17.8 Å². The third-order valence-corrected chi connectivity index (χ3v) is 10.1. The van der Waals surface area contributed by atoms with Crippen LogP contribution in [0.1, 0.15) is 39.2 Å². The van der Waals surface area contributed by atoms with E-state index in [0.717, 1.165) is 11.3 Å². The van der Waals surface area contributed by atoms with Gasteiger partial charge in [0.1, 0.15) is 11.6 Å². The van der Waals surface area contributed by atoms with Crippen LogP contribution in [0.5, 0.6) is 0 Å². The molecule has 0 aliphatic carbocycles. The molecule has 2 fully saturated rings. The second kappa shape index (κ2) is 11.5. The Labute approximate surface area is 263 Å². The standard InChI is InChI=1S/C35H40ClN3O5/c1-5-34-16-10-18-37(24-13-7-6-8-14-24)31(41)27(34)28-32(42)39(25(21-40)20-22(2)3)30-33(43)38(19-11-17-35(28,30)44-34)29-23(4)12-9-15-26(29)36/h6-17,22,25,27-28,30,40H,5,18-21H2,1-4H3/t25-,27-,28+,30?,34+,35+/m1/s1. The Balaban J connectivity index is 1.54. The van der Waals surface area contributed by atoms with Crippen molar-refractivity contribution in [3.05, 3.63) is 83.4 Å². The molecule has 1 spiro atoms. The molecule has 0 radical (unpaired) electrons. The van der Waals surface area contributed by atoms with Crippen molar-refractivity contribution < 1.29 is 24.2 Å². The van der Waals surface area contributed by atoms with E-state index in [-0.39, 0.29) is 36.8 Å². The number of likely N-dealkylation sites (tertiary alicyclic amines) is 1. The molecule has 4 heterocycles. The minimum Gasteiger partial charge on any atom is -0.394 e. The van der Waals surface area contributed by atoms with Crippen LogP contribution < -0.4 is 9.80 Å². The first-order chi connectivity index (χ1) is 21.1. The van der Waals surface area contributed by atoms with Gasteiger partial charge in [-0.2, -0.15) is 0 Å². The Morgan fingerprint density at radius 3 is 2.30 bits per heavy atom. The van der Waals surface area contributed by atoms with E-state index in [9.17, 15) is 19.5 Å². The number of rotatable bonds is 7. The summed E-state index contributed by atoms with van der Waals surface area (Å²) in [6, 6.07) is 13.1. The molecule has 2 aromatic rings. The topological polar surface area (TPSA) is 90.4 Å². The van der Waals surface area contributed by atoms with Gasteiger partial charge in [-0.1, -0.05) is 87.0 Å². The summed E-state index contributed by atoms with van der Waals surface area (Å²) in [4.78, 5) is 49.3. The van der Waals surface area contributed by atoms with Gasteiger partial charge in [0.05, 0.1) is 40.8 Å². The van der Waals surface area contributed by atoms with E-state index in [4.69, 9.17) is 16.3 Å². The summed E-state index contributed by atoms with van der Waals surface area (Å²) in [6.07, 6.45) is 8.48. The maximum Gasteiger partial charge on any atom is 0.253 e. The zero-order valence-corrected chi connectivity index (χ0v) is 26.4. The van der Waals surface area contributed by atoms with Gasteiger partial charge in [-0.3, -0.25) is 14.4 Å². The van der Waals surface area contributed by atoms with Gasteiger partial charge in [-0.05, 0) is 49.4 Å². The highest BCUT2D eigenvalue weighted by Crippen LogP contribution is 2.59. The first kappa shape index (κ1) is 30.6. The summed E-state index contributed by atoms with van der Waals surface area (Å²) < 4.78 is 7.10. The maximum absolute atomic E-state index is 14.9. The number of aliphatic hydroxyl groups is 1. The predicted molar refractivity (Wildman–Crippen MR) is 170 cm³/mol. The molecule has 4 aliphatic heterocycles. The summed E-state index contributed by atoms with van der Waals surface area (Å²) in [5, 5.41) is 11.1. The highest BCUT2D eigenvalue weighted by atomic mass is 35.5. The Morgan fingerprint density at radius 2 is 1.64 bits per heavy atom.